The van der Waals surface area contributed by atoms with Gasteiger partial charge in [0.15, 0.2) is 5.82 Å². The molecule has 0 amide bonds. The van der Waals surface area contributed by atoms with Gasteiger partial charge in [0.05, 0.1) is 19.8 Å². The topological polar surface area (TPSA) is 73.1 Å². The van der Waals surface area contributed by atoms with Crippen molar-refractivity contribution in [1.82, 2.24) is 20.2 Å². The Kier molecular flexibility index (Phi) is 4.01. The van der Waals surface area contributed by atoms with E-state index in [-0.39, 0.29) is 0 Å². The minimum atomic E-state index is -0.633. The van der Waals surface area contributed by atoms with Crippen molar-refractivity contribution >= 4 is 0 Å². The number of aryl methyl sites for hydroxylation is 1. The van der Waals surface area contributed by atoms with Crippen LogP contribution in [0.4, 0.5) is 0 Å². The summed E-state index contributed by atoms with van der Waals surface area (Å²) in [4.78, 5) is 1.38. The van der Waals surface area contributed by atoms with Crippen molar-refractivity contribution in [2.45, 2.75) is 19.1 Å². The minimum Gasteiger partial charge on any atom is -0.388 e. The highest BCUT2D eigenvalue weighted by molar-refractivity contribution is 5.25. The van der Waals surface area contributed by atoms with E-state index in [9.17, 15) is 5.11 Å². The summed E-state index contributed by atoms with van der Waals surface area (Å²) in [5, 5.41) is 21.8. The number of aromatic nitrogens is 4. The van der Waals surface area contributed by atoms with Gasteiger partial charge in [-0.05, 0) is 16.3 Å². The molecule has 0 aliphatic heterocycles. The predicted molar refractivity (Wildman–Crippen MR) is 64.6 cm³/mol. The van der Waals surface area contributed by atoms with Crippen molar-refractivity contribution in [1.29, 1.82) is 0 Å². The lowest BCUT2D eigenvalue weighted by Crippen LogP contribution is -2.04. The summed E-state index contributed by atoms with van der Waals surface area (Å²) in [5.41, 5.74) is 1.86. The molecule has 0 aliphatic carbocycles. The maximum absolute atomic E-state index is 10.1. The number of hydrogen-bond donors (Lipinski definition) is 1. The van der Waals surface area contributed by atoms with Gasteiger partial charge in [-0.15, -0.1) is 10.2 Å². The lowest BCUT2D eigenvalue weighted by atomic mass is 10.0. The molecule has 1 unspecified atom stereocenters. The zero-order valence-corrected chi connectivity index (χ0v) is 10.4. The smallest absolute Gasteiger partial charge is 0.177 e. The van der Waals surface area contributed by atoms with Gasteiger partial charge in [-0.2, -0.15) is 4.80 Å². The molecule has 18 heavy (non-hydrogen) atoms. The second-order valence-corrected chi connectivity index (χ2v) is 4.09. The highest BCUT2D eigenvalue weighted by Gasteiger charge is 2.12. The third-order valence-corrected chi connectivity index (χ3v) is 2.57. The van der Waals surface area contributed by atoms with E-state index < -0.39 is 6.10 Å². The second kappa shape index (κ2) is 5.70. The van der Waals surface area contributed by atoms with Crippen molar-refractivity contribution in [3.8, 4) is 0 Å². The summed E-state index contributed by atoms with van der Waals surface area (Å²) in [6.45, 7) is 0.532. The zero-order chi connectivity index (χ0) is 13.0. The molecule has 0 saturated heterocycles. The summed E-state index contributed by atoms with van der Waals surface area (Å²) in [6, 6.07) is 7.65. The Morgan fingerprint density at radius 2 is 2.28 bits per heavy atom. The second-order valence-electron chi connectivity index (χ2n) is 4.09. The molecule has 2 rings (SSSR count). The monoisotopic (exact) mass is 248 g/mol. The highest BCUT2D eigenvalue weighted by Crippen LogP contribution is 2.18. The quantitative estimate of drug-likeness (QED) is 0.840. The van der Waals surface area contributed by atoms with Crippen LogP contribution >= 0.6 is 0 Å². The first-order valence-electron chi connectivity index (χ1n) is 5.67. The molecule has 0 spiro atoms. The molecule has 1 N–H and O–H groups in total. The van der Waals surface area contributed by atoms with Gasteiger partial charge in [-0.25, -0.2) is 0 Å². The van der Waals surface area contributed by atoms with Crippen LogP contribution in [0.15, 0.2) is 24.3 Å². The van der Waals surface area contributed by atoms with Crippen molar-refractivity contribution in [3.05, 3.63) is 41.2 Å². The van der Waals surface area contributed by atoms with Gasteiger partial charge in [0, 0.05) is 13.5 Å². The van der Waals surface area contributed by atoms with E-state index in [2.05, 4.69) is 15.4 Å². The molecule has 2 aromatic rings. The van der Waals surface area contributed by atoms with Crippen LogP contribution in [-0.4, -0.2) is 32.4 Å². The van der Waals surface area contributed by atoms with E-state index in [0.29, 0.717) is 18.9 Å². The first-order valence-corrected chi connectivity index (χ1v) is 5.67. The van der Waals surface area contributed by atoms with E-state index >= 15 is 0 Å². The predicted octanol–water partition coefficient (Wildman–Crippen LogP) is 0.633. The van der Waals surface area contributed by atoms with Gasteiger partial charge in [0.2, 0.25) is 0 Å². The summed E-state index contributed by atoms with van der Waals surface area (Å²) in [6.07, 6.45) is -0.282. The van der Waals surface area contributed by atoms with Crippen molar-refractivity contribution in [2.75, 3.05) is 7.11 Å². The Hall–Kier alpha value is -1.79. The Morgan fingerprint density at radius 3 is 2.94 bits per heavy atom. The number of ether oxygens (including phenoxy) is 1. The van der Waals surface area contributed by atoms with E-state index in [1.807, 2.05) is 24.3 Å². The highest BCUT2D eigenvalue weighted by atomic mass is 16.5. The van der Waals surface area contributed by atoms with Crippen LogP contribution in [0.2, 0.25) is 0 Å². The Morgan fingerprint density at radius 1 is 1.44 bits per heavy atom. The van der Waals surface area contributed by atoms with Crippen LogP contribution in [0.5, 0.6) is 0 Å². The van der Waals surface area contributed by atoms with Gasteiger partial charge < -0.3 is 9.84 Å². The van der Waals surface area contributed by atoms with Crippen molar-refractivity contribution in [3.63, 3.8) is 0 Å². The summed E-state index contributed by atoms with van der Waals surface area (Å²) >= 11 is 0. The number of aliphatic hydroxyl groups is 1. The van der Waals surface area contributed by atoms with Crippen LogP contribution in [0, 0.1) is 0 Å². The van der Waals surface area contributed by atoms with E-state index in [0.717, 1.165) is 11.1 Å². The van der Waals surface area contributed by atoms with Crippen LogP contribution in [-0.2, 0) is 24.8 Å². The maximum Gasteiger partial charge on any atom is 0.177 e. The average molecular weight is 248 g/mol. The number of rotatable bonds is 5. The van der Waals surface area contributed by atoms with Gasteiger partial charge >= 0.3 is 0 Å². The van der Waals surface area contributed by atoms with Crippen molar-refractivity contribution < 1.29 is 9.84 Å². The first kappa shape index (κ1) is 12.7. The fourth-order valence-electron chi connectivity index (χ4n) is 1.75. The molecule has 0 bridgehead atoms. The van der Waals surface area contributed by atoms with Gasteiger partial charge in [0.25, 0.3) is 0 Å². The van der Waals surface area contributed by atoms with Gasteiger partial charge in [-0.1, -0.05) is 24.3 Å². The lowest BCUT2D eigenvalue weighted by Gasteiger charge is -2.10. The van der Waals surface area contributed by atoms with Gasteiger partial charge in [-0.3, -0.25) is 0 Å². The molecule has 0 aliphatic rings. The van der Waals surface area contributed by atoms with E-state index in [1.165, 1.54) is 4.80 Å². The molecule has 6 heteroatoms. The Balaban J connectivity index is 2.08. The molecule has 96 valence electrons. The van der Waals surface area contributed by atoms with Crippen LogP contribution in [0.1, 0.15) is 23.1 Å². The van der Waals surface area contributed by atoms with Crippen LogP contribution in [0.25, 0.3) is 0 Å². The number of aliphatic hydroxyl groups excluding tert-OH is 1. The van der Waals surface area contributed by atoms with Crippen molar-refractivity contribution in [2.24, 2.45) is 7.05 Å². The fraction of sp³-hybridized carbons (Fsp3) is 0.417. The number of tetrazole rings is 1. The normalized spacial score (nSPS) is 12.6. The average Bonchev–Trinajstić information content (AvgIpc) is 2.75. The van der Waals surface area contributed by atoms with Crippen LogP contribution < -0.4 is 0 Å². The molecule has 1 heterocycles. The summed E-state index contributed by atoms with van der Waals surface area (Å²) in [7, 11) is 3.34. The molecule has 0 saturated carbocycles. The summed E-state index contributed by atoms with van der Waals surface area (Å²) in [5.74, 6) is 0.530. The fourth-order valence-corrected chi connectivity index (χ4v) is 1.75. The molecule has 1 aromatic carbocycles. The van der Waals surface area contributed by atoms with E-state index in [1.54, 1.807) is 14.2 Å². The molecule has 0 fully saturated rings. The molecule has 1 atom stereocenters. The van der Waals surface area contributed by atoms with E-state index in [4.69, 9.17) is 4.74 Å². The van der Waals surface area contributed by atoms with Gasteiger partial charge in [0.1, 0.15) is 0 Å². The number of nitrogens with zero attached hydrogens (tertiary/aromatic N) is 4. The summed E-state index contributed by atoms with van der Waals surface area (Å²) < 4.78 is 5.06. The number of methoxy groups -OCH3 is 1. The molecule has 1 aromatic heterocycles. The zero-order valence-electron chi connectivity index (χ0n) is 10.4. The largest absolute Gasteiger partial charge is 0.388 e. The SMILES string of the molecule is COCc1cccc(C(O)Cc2nnn(C)n2)c1. The molecular weight excluding hydrogens is 232 g/mol. The third kappa shape index (κ3) is 3.12. The molecule has 0 radical (unpaired) electrons. The number of hydrogen-bond acceptors (Lipinski definition) is 5. The minimum absolute atomic E-state index is 0.351. The maximum atomic E-state index is 10.1. The number of benzene rings is 1. The molecular formula is C12H16N4O2. The first-order chi connectivity index (χ1) is 8.69. The Bertz CT molecular complexity index is 512. The standard InChI is InChI=1S/C12H16N4O2/c1-16-14-12(13-15-16)7-11(17)10-5-3-4-9(6-10)8-18-2/h3-6,11,17H,7-8H2,1-2H3. The lowest BCUT2D eigenvalue weighted by molar-refractivity contribution is 0.173. The molecule has 6 nitrogen and oxygen atoms in total. The Labute approximate surface area is 105 Å². The van der Waals surface area contributed by atoms with Crippen LogP contribution in [0.3, 0.4) is 0 Å². The third-order valence-electron chi connectivity index (χ3n) is 2.57.